The molecule has 1 heterocycles. The van der Waals surface area contributed by atoms with Crippen LogP contribution in [0.2, 0.25) is 0 Å². The molecular weight excluding hydrogens is 531 g/mol. The second-order valence-corrected chi connectivity index (χ2v) is 8.59. The summed E-state index contributed by atoms with van der Waals surface area (Å²) in [5, 5.41) is 15.5. The number of nitrogens with two attached hydrogens (primary N) is 1. The van der Waals surface area contributed by atoms with E-state index in [1.807, 2.05) is 83.0 Å². The third-order valence-electron chi connectivity index (χ3n) is 5.41. The van der Waals surface area contributed by atoms with Gasteiger partial charge in [-0.25, -0.2) is 4.39 Å². The van der Waals surface area contributed by atoms with Gasteiger partial charge in [-0.2, -0.15) is 5.10 Å². The highest BCUT2D eigenvalue weighted by molar-refractivity contribution is 5.98. The fourth-order valence-electron chi connectivity index (χ4n) is 3.25. The lowest BCUT2D eigenvalue weighted by Gasteiger charge is -2.13. The minimum Gasteiger partial charge on any atom is -0.417 e. The van der Waals surface area contributed by atoms with E-state index >= 15 is 0 Å². The summed E-state index contributed by atoms with van der Waals surface area (Å²) >= 11 is 0. The molecule has 1 unspecified atom stereocenters. The second kappa shape index (κ2) is 20.1. The zero-order valence-corrected chi connectivity index (χ0v) is 24.8. The molecule has 1 atom stereocenters. The van der Waals surface area contributed by atoms with Gasteiger partial charge in [0.25, 0.3) is 0 Å². The molecule has 1 aromatic heterocycles. The third kappa shape index (κ3) is 12.1. The number of hydrazone groups is 1. The summed E-state index contributed by atoms with van der Waals surface area (Å²) in [6.45, 7) is 17.2. The van der Waals surface area contributed by atoms with Gasteiger partial charge in [0.05, 0.1) is 11.4 Å². The monoisotopic (exact) mass is 572 g/mol. The minimum absolute atomic E-state index is 0.150. The van der Waals surface area contributed by atoms with Gasteiger partial charge in [-0.05, 0) is 55.3 Å². The number of nitrogens with zero attached hydrogens (tertiary/aromatic N) is 3. The smallest absolute Gasteiger partial charge is 0.248 e. The average Bonchev–Trinajstić information content (AvgIpc) is 3.51. The molecule has 42 heavy (non-hydrogen) atoms. The van der Waals surface area contributed by atoms with Crippen LogP contribution in [0, 0.1) is 0 Å². The Bertz CT molecular complexity index is 1360. The van der Waals surface area contributed by atoms with Gasteiger partial charge in [-0.3, -0.25) is 5.43 Å². The fourth-order valence-corrected chi connectivity index (χ4v) is 3.25. The number of halogens is 1. The Morgan fingerprint density at radius 3 is 2.29 bits per heavy atom. The van der Waals surface area contributed by atoms with Crippen LogP contribution in [-0.2, 0) is 4.79 Å². The van der Waals surface area contributed by atoms with Gasteiger partial charge in [0.2, 0.25) is 11.8 Å². The van der Waals surface area contributed by atoms with Crippen molar-refractivity contribution in [1.29, 1.82) is 0 Å². The van der Waals surface area contributed by atoms with Crippen LogP contribution in [0.1, 0.15) is 33.6 Å². The molecule has 0 bridgehead atoms. The molecule has 0 radical (unpaired) electrons. The van der Waals surface area contributed by atoms with Crippen molar-refractivity contribution in [3.63, 3.8) is 0 Å². The number of carbonyl (C=O) groups excluding carboxylic acids is 1. The molecule has 0 aliphatic carbocycles. The van der Waals surface area contributed by atoms with Gasteiger partial charge >= 0.3 is 0 Å². The first-order valence-electron chi connectivity index (χ1n) is 13.4. The normalized spacial score (nSPS) is 12.4. The van der Waals surface area contributed by atoms with Crippen molar-refractivity contribution in [2.75, 3.05) is 13.2 Å². The lowest BCUT2D eigenvalue weighted by Crippen LogP contribution is -2.28. The maximum Gasteiger partial charge on any atom is 0.248 e. The van der Waals surface area contributed by atoms with Gasteiger partial charge in [0.1, 0.15) is 13.5 Å². The molecule has 0 saturated heterocycles. The van der Waals surface area contributed by atoms with Gasteiger partial charge in [0, 0.05) is 29.9 Å². The predicted molar refractivity (Wildman–Crippen MR) is 172 cm³/mol. The fraction of sp³-hybridized carbons (Fsp3) is 0.212. The first-order chi connectivity index (χ1) is 20.4. The zero-order valence-electron chi connectivity index (χ0n) is 24.8. The Morgan fingerprint density at radius 1 is 1.07 bits per heavy atom. The van der Waals surface area contributed by atoms with Crippen LogP contribution in [0.3, 0.4) is 0 Å². The molecular formula is C33H41FN6O2. The number of hydrogen-bond donors (Lipinski definition) is 3. The van der Waals surface area contributed by atoms with E-state index in [2.05, 4.69) is 51.3 Å². The zero-order chi connectivity index (χ0) is 31.3. The van der Waals surface area contributed by atoms with Crippen molar-refractivity contribution >= 4 is 18.6 Å². The summed E-state index contributed by atoms with van der Waals surface area (Å²) < 4.78 is 19.3. The molecule has 0 aliphatic heterocycles. The van der Waals surface area contributed by atoms with Crippen LogP contribution in [0.15, 0.2) is 119 Å². The van der Waals surface area contributed by atoms with Crippen molar-refractivity contribution in [1.82, 2.24) is 20.9 Å². The van der Waals surface area contributed by atoms with Gasteiger partial charge in [-0.1, -0.05) is 81.1 Å². The number of carbonyl (C=O) groups is 1. The predicted octanol–water partition coefficient (Wildman–Crippen LogP) is 6.64. The summed E-state index contributed by atoms with van der Waals surface area (Å²) in [5.41, 5.74) is 14.2. The molecule has 2 aromatic carbocycles. The van der Waals surface area contributed by atoms with Crippen LogP contribution in [0.4, 0.5) is 4.39 Å². The van der Waals surface area contributed by atoms with E-state index in [-0.39, 0.29) is 17.6 Å². The van der Waals surface area contributed by atoms with E-state index in [0.29, 0.717) is 18.1 Å². The Labute approximate surface area is 248 Å². The van der Waals surface area contributed by atoms with E-state index in [0.717, 1.165) is 28.0 Å². The summed E-state index contributed by atoms with van der Waals surface area (Å²) in [7, 11) is 0. The maximum atomic E-state index is 13.6. The maximum absolute atomic E-state index is 13.6. The number of hydrogen-bond acceptors (Lipinski definition) is 8. The molecule has 222 valence electrons. The molecule has 0 spiro atoms. The lowest BCUT2D eigenvalue weighted by molar-refractivity contribution is -0.0980. The van der Waals surface area contributed by atoms with Crippen molar-refractivity contribution in [3.05, 3.63) is 115 Å². The number of benzene rings is 2. The Morgan fingerprint density at radius 2 is 1.69 bits per heavy atom. The van der Waals surface area contributed by atoms with E-state index < -0.39 is 6.67 Å². The van der Waals surface area contributed by atoms with Gasteiger partial charge < -0.3 is 20.3 Å². The van der Waals surface area contributed by atoms with E-state index in [9.17, 15) is 4.39 Å². The first kappa shape index (κ1) is 35.1. The van der Waals surface area contributed by atoms with Crippen LogP contribution in [0.25, 0.3) is 28.7 Å². The van der Waals surface area contributed by atoms with Gasteiger partial charge in [-0.15, -0.1) is 10.2 Å². The Hall–Kier alpha value is -4.89. The van der Waals surface area contributed by atoms with Gasteiger partial charge in [0.15, 0.2) is 0 Å². The van der Waals surface area contributed by atoms with Crippen LogP contribution >= 0.6 is 0 Å². The highest BCUT2D eigenvalue weighted by Crippen LogP contribution is 2.24. The molecule has 8 nitrogen and oxygen atoms in total. The highest BCUT2D eigenvalue weighted by atomic mass is 19.1. The molecule has 4 N–H and O–H groups in total. The average molecular weight is 573 g/mol. The quantitative estimate of drug-likeness (QED) is 0.119. The molecule has 0 aliphatic rings. The standard InChI is InChI=1S/C30H33FN6O.C2H6.CH2O/c1-5-9-27(18-21(2)20-33-23(4)22(3)32)34-35-28(19-31)16-17-29-36-37-30(38-29)26-14-12-25(13-15-26)24-10-7-6-8-11-24;2*1-2/h5-18,22,33-34H,1,4,19-20,32H2,2-3H3;1-2H3;1H2/b17-16+,21-18+,27-9+,35-28+;;. The molecule has 0 amide bonds. The summed E-state index contributed by atoms with van der Waals surface area (Å²) in [6, 6.07) is 17.8. The molecule has 0 fully saturated rings. The number of rotatable bonds is 13. The number of alkyl halides is 1. The Kier molecular flexibility index (Phi) is 16.8. The van der Waals surface area contributed by atoms with Crippen LogP contribution < -0.4 is 16.5 Å². The molecule has 3 aromatic rings. The second-order valence-electron chi connectivity index (χ2n) is 8.59. The Balaban J connectivity index is 0.00000211. The van der Waals surface area contributed by atoms with Crippen LogP contribution in [-0.4, -0.2) is 42.0 Å². The highest BCUT2D eigenvalue weighted by Gasteiger charge is 2.08. The first-order valence-corrected chi connectivity index (χ1v) is 13.4. The van der Waals surface area contributed by atoms with Crippen molar-refractivity contribution in [2.24, 2.45) is 10.8 Å². The summed E-state index contributed by atoms with van der Waals surface area (Å²) in [5.74, 6) is 0.615. The SMILES string of the molecule is C=C/C=C(\C=C(/C)CNC(=C)C(C)N)N/N=C(\C=C\c1nnc(-c2ccc(-c3ccccc3)cc2)o1)CF.C=O.CC. The lowest BCUT2D eigenvalue weighted by atomic mass is 10.0. The summed E-state index contributed by atoms with van der Waals surface area (Å²) in [6.07, 6.45) is 8.24. The van der Waals surface area contributed by atoms with E-state index in [4.69, 9.17) is 14.9 Å². The van der Waals surface area contributed by atoms with E-state index in [1.54, 1.807) is 12.2 Å². The largest absolute Gasteiger partial charge is 0.417 e. The topological polar surface area (TPSA) is 118 Å². The summed E-state index contributed by atoms with van der Waals surface area (Å²) in [4.78, 5) is 8.00. The molecule has 3 rings (SSSR count). The van der Waals surface area contributed by atoms with Crippen molar-refractivity contribution in [3.8, 4) is 22.6 Å². The number of nitrogens with one attached hydrogen (secondary N) is 2. The minimum atomic E-state index is -0.786. The number of aromatic nitrogens is 2. The van der Waals surface area contributed by atoms with Crippen molar-refractivity contribution < 1.29 is 13.6 Å². The van der Waals surface area contributed by atoms with Crippen molar-refractivity contribution in [2.45, 2.75) is 33.7 Å². The number of allylic oxidation sites excluding steroid dienone is 4. The van der Waals surface area contributed by atoms with E-state index in [1.165, 1.54) is 12.2 Å². The third-order valence-corrected chi connectivity index (χ3v) is 5.41. The molecule has 9 heteroatoms. The molecule has 0 saturated carbocycles. The van der Waals surface area contributed by atoms with Crippen LogP contribution in [0.5, 0.6) is 0 Å².